The Morgan fingerprint density at radius 2 is 2.00 bits per heavy atom. The predicted molar refractivity (Wildman–Crippen MR) is 115 cm³/mol. The Balaban J connectivity index is 1.67. The van der Waals surface area contributed by atoms with Gasteiger partial charge >= 0.3 is 0 Å². The van der Waals surface area contributed by atoms with Gasteiger partial charge in [0.25, 0.3) is 0 Å². The molecule has 1 aliphatic rings. The summed E-state index contributed by atoms with van der Waals surface area (Å²) in [5.41, 5.74) is 2.55. The zero-order valence-electron chi connectivity index (χ0n) is 17.4. The molecule has 1 atom stereocenters. The minimum Gasteiger partial charge on any atom is -0.493 e. The van der Waals surface area contributed by atoms with Crippen molar-refractivity contribution in [2.75, 3.05) is 33.1 Å². The molecule has 0 unspecified atom stereocenters. The first kappa shape index (κ1) is 20.6. The topological polar surface area (TPSA) is 86.0 Å². The fraction of sp³-hybridized carbons (Fsp3) is 0.429. The number of aromatic nitrogens is 3. The highest BCUT2D eigenvalue weighted by Crippen LogP contribution is 2.37. The van der Waals surface area contributed by atoms with Gasteiger partial charge in [-0.15, -0.1) is 0 Å². The number of nitrogens with zero attached hydrogens (tertiary/aromatic N) is 4. The lowest BCUT2D eigenvalue weighted by molar-refractivity contribution is 0.309. The summed E-state index contributed by atoms with van der Waals surface area (Å²) in [4.78, 5) is 4.66. The molecule has 1 aromatic carbocycles. The van der Waals surface area contributed by atoms with Gasteiger partial charge in [0.05, 0.1) is 20.0 Å². The number of ether oxygens (including phenoxy) is 2. The van der Waals surface area contributed by atoms with Crippen molar-refractivity contribution in [2.45, 2.75) is 25.7 Å². The largest absolute Gasteiger partial charge is 0.493 e. The molecule has 8 nitrogen and oxygen atoms in total. The average molecular weight is 431 g/mol. The van der Waals surface area contributed by atoms with Crippen LogP contribution in [0.5, 0.6) is 11.5 Å². The van der Waals surface area contributed by atoms with Crippen LogP contribution in [0.4, 0.5) is 0 Å². The van der Waals surface area contributed by atoms with Crippen LogP contribution in [-0.2, 0) is 10.0 Å². The molecule has 0 amide bonds. The molecule has 0 aliphatic carbocycles. The third-order valence-electron chi connectivity index (χ3n) is 5.57. The Morgan fingerprint density at radius 1 is 1.17 bits per heavy atom. The Kier molecular flexibility index (Phi) is 5.66. The third-order valence-corrected chi connectivity index (χ3v) is 7.42. The van der Waals surface area contributed by atoms with Crippen molar-refractivity contribution in [3.63, 3.8) is 0 Å². The number of piperidine rings is 1. The van der Waals surface area contributed by atoms with Crippen LogP contribution < -0.4 is 9.47 Å². The fourth-order valence-electron chi connectivity index (χ4n) is 3.94. The van der Waals surface area contributed by atoms with Crippen molar-refractivity contribution < 1.29 is 17.9 Å². The maximum absolute atomic E-state index is 12.3. The molecular formula is C21H26N4O4S. The summed E-state index contributed by atoms with van der Waals surface area (Å²) in [7, 11) is 0.0254. The fourth-order valence-corrected chi connectivity index (χ4v) is 5.11. The van der Waals surface area contributed by atoms with E-state index in [1.54, 1.807) is 30.0 Å². The van der Waals surface area contributed by atoms with E-state index < -0.39 is 10.0 Å². The molecule has 1 fully saturated rings. The lowest BCUT2D eigenvalue weighted by Gasteiger charge is -2.30. The number of hydrogen-bond acceptors (Lipinski definition) is 6. The Bertz CT molecular complexity index is 1160. The van der Waals surface area contributed by atoms with E-state index in [4.69, 9.17) is 9.47 Å². The molecule has 2 aromatic heterocycles. The second-order valence-electron chi connectivity index (χ2n) is 7.33. The van der Waals surface area contributed by atoms with Crippen molar-refractivity contribution in [1.29, 1.82) is 0 Å². The summed E-state index contributed by atoms with van der Waals surface area (Å²) in [6.45, 7) is 2.68. The summed E-state index contributed by atoms with van der Waals surface area (Å²) >= 11 is 0. The van der Waals surface area contributed by atoms with E-state index in [2.05, 4.69) is 10.1 Å². The third kappa shape index (κ3) is 3.75. The summed E-state index contributed by atoms with van der Waals surface area (Å²) < 4.78 is 38.8. The van der Waals surface area contributed by atoms with E-state index in [0.29, 0.717) is 30.4 Å². The first-order valence-corrected chi connectivity index (χ1v) is 11.6. The molecule has 1 saturated heterocycles. The monoisotopic (exact) mass is 430 g/mol. The van der Waals surface area contributed by atoms with Gasteiger partial charge in [0, 0.05) is 36.3 Å². The molecule has 0 bridgehead atoms. The normalized spacial score (nSPS) is 17.9. The van der Waals surface area contributed by atoms with E-state index in [1.165, 1.54) is 0 Å². The number of sulfonamides is 1. The minimum absolute atomic E-state index is 0.00483. The molecule has 3 aromatic rings. The van der Waals surface area contributed by atoms with Gasteiger partial charge in [-0.1, -0.05) is 12.1 Å². The first-order valence-electron chi connectivity index (χ1n) is 10.0. The van der Waals surface area contributed by atoms with Crippen LogP contribution in [0.2, 0.25) is 0 Å². The van der Waals surface area contributed by atoms with Crippen molar-refractivity contribution in [1.82, 2.24) is 18.9 Å². The minimum atomic E-state index is -3.20. The van der Waals surface area contributed by atoms with Crippen LogP contribution in [0, 0.1) is 0 Å². The molecule has 4 rings (SSSR count). The number of hydrogen-bond donors (Lipinski definition) is 0. The summed E-state index contributed by atoms with van der Waals surface area (Å²) in [5, 5.41) is 4.67. The zero-order chi connectivity index (χ0) is 21.3. The molecular weight excluding hydrogens is 404 g/mol. The van der Waals surface area contributed by atoms with Gasteiger partial charge in [0.1, 0.15) is 0 Å². The van der Waals surface area contributed by atoms with Crippen LogP contribution in [0.25, 0.3) is 16.8 Å². The highest BCUT2D eigenvalue weighted by atomic mass is 32.2. The number of benzene rings is 1. The molecule has 30 heavy (non-hydrogen) atoms. The molecule has 0 saturated carbocycles. The second-order valence-corrected chi connectivity index (χ2v) is 9.59. The molecule has 160 valence electrons. The van der Waals surface area contributed by atoms with E-state index in [9.17, 15) is 8.42 Å². The van der Waals surface area contributed by atoms with Crippen molar-refractivity contribution in [3.05, 3.63) is 42.4 Å². The van der Waals surface area contributed by atoms with E-state index in [0.717, 1.165) is 29.6 Å². The van der Waals surface area contributed by atoms with E-state index in [-0.39, 0.29) is 11.7 Å². The van der Waals surface area contributed by atoms with Gasteiger partial charge in [-0.2, -0.15) is 5.10 Å². The lowest BCUT2D eigenvalue weighted by Crippen LogP contribution is -2.40. The molecule has 0 N–H and O–H groups in total. The van der Waals surface area contributed by atoms with Gasteiger partial charge in [-0.25, -0.2) is 22.2 Å². The SMILES string of the molecule is CCS(=O)(=O)N1CCC[C@@H](c2nc3ccc(-c4cccc(OC)c4OC)cn3n2)C1. The van der Waals surface area contributed by atoms with Crippen molar-refractivity contribution in [3.8, 4) is 22.6 Å². The Hall–Kier alpha value is -2.65. The number of methoxy groups -OCH3 is 2. The van der Waals surface area contributed by atoms with Gasteiger partial charge < -0.3 is 9.47 Å². The van der Waals surface area contributed by atoms with Crippen LogP contribution >= 0.6 is 0 Å². The first-order chi connectivity index (χ1) is 14.5. The number of pyridine rings is 1. The van der Waals surface area contributed by atoms with Crippen LogP contribution in [-0.4, -0.2) is 60.4 Å². The van der Waals surface area contributed by atoms with Crippen molar-refractivity contribution in [2.24, 2.45) is 0 Å². The van der Waals surface area contributed by atoms with Crippen LogP contribution in [0.1, 0.15) is 31.5 Å². The van der Waals surface area contributed by atoms with Crippen LogP contribution in [0.15, 0.2) is 36.5 Å². The number of fused-ring (bicyclic) bond motifs is 1. The maximum Gasteiger partial charge on any atom is 0.213 e. The second kappa shape index (κ2) is 8.23. The Morgan fingerprint density at radius 3 is 2.73 bits per heavy atom. The number of rotatable bonds is 6. The predicted octanol–water partition coefficient (Wildman–Crippen LogP) is 2.94. The molecule has 1 aliphatic heterocycles. The summed E-state index contributed by atoms with van der Waals surface area (Å²) in [6.07, 6.45) is 3.60. The molecule has 0 radical (unpaired) electrons. The molecule has 3 heterocycles. The van der Waals surface area contributed by atoms with Crippen molar-refractivity contribution >= 4 is 15.7 Å². The lowest BCUT2D eigenvalue weighted by atomic mass is 9.99. The molecule has 9 heteroatoms. The average Bonchev–Trinajstić information content (AvgIpc) is 3.22. The standard InChI is InChI=1S/C21H26N4O4S/c1-4-30(26,27)24-12-6-7-16(13-24)21-22-19-11-10-15(14-25(19)23-21)17-8-5-9-18(28-2)20(17)29-3/h5,8-11,14,16H,4,6-7,12-13H2,1-3H3/t16-/m1/s1. The number of para-hydroxylation sites is 1. The van der Waals surface area contributed by atoms with Crippen LogP contribution in [0.3, 0.4) is 0 Å². The van der Waals surface area contributed by atoms with E-state index in [1.807, 2.05) is 36.5 Å². The maximum atomic E-state index is 12.3. The molecule has 0 spiro atoms. The highest BCUT2D eigenvalue weighted by molar-refractivity contribution is 7.89. The van der Waals surface area contributed by atoms with Gasteiger partial charge in [-0.3, -0.25) is 0 Å². The zero-order valence-corrected chi connectivity index (χ0v) is 18.2. The smallest absolute Gasteiger partial charge is 0.213 e. The van der Waals surface area contributed by atoms with Gasteiger partial charge in [-0.05, 0) is 38.0 Å². The van der Waals surface area contributed by atoms with E-state index >= 15 is 0 Å². The van der Waals surface area contributed by atoms with Gasteiger partial charge in [0.15, 0.2) is 23.0 Å². The Labute approximate surface area is 176 Å². The quantitative estimate of drug-likeness (QED) is 0.598. The highest BCUT2D eigenvalue weighted by Gasteiger charge is 2.30. The summed E-state index contributed by atoms with van der Waals surface area (Å²) in [5.74, 6) is 2.11. The summed E-state index contributed by atoms with van der Waals surface area (Å²) in [6, 6.07) is 9.62. The van der Waals surface area contributed by atoms with Gasteiger partial charge in [0.2, 0.25) is 10.0 Å².